The molecule has 4 heteroatoms. The van der Waals surface area contributed by atoms with Gasteiger partial charge >= 0.3 is 0 Å². The Balaban J connectivity index is 1.80. The van der Waals surface area contributed by atoms with Crippen molar-refractivity contribution in [3.8, 4) is 11.3 Å². The van der Waals surface area contributed by atoms with E-state index in [0.717, 1.165) is 33.0 Å². The average Bonchev–Trinajstić information content (AvgIpc) is 2.91. The van der Waals surface area contributed by atoms with Crippen LogP contribution < -0.4 is 0 Å². The van der Waals surface area contributed by atoms with Gasteiger partial charge in [-0.05, 0) is 29.8 Å². The molecule has 0 aliphatic carbocycles. The fraction of sp³-hybridized carbons (Fsp3) is 0.0625. The van der Waals surface area contributed by atoms with Crippen LogP contribution in [0.3, 0.4) is 0 Å². The second-order valence-corrected chi connectivity index (χ2v) is 5.89. The van der Waals surface area contributed by atoms with E-state index < -0.39 is 0 Å². The summed E-state index contributed by atoms with van der Waals surface area (Å²) in [6, 6.07) is 16.0. The lowest BCUT2D eigenvalue weighted by atomic mass is 10.1. The van der Waals surface area contributed by atoms with Crippen molar-refractivity contribution in [2.24, 2.45) is 0 Å². The van der Waals surface area contributed by atoms with Crippen LogP contribution in [-0.4, -0.2) is 9.97 Å². The number of imidazole rings is 1. The van der Waals surface area contributed by atoms with Gasteiger partial charge in [-0.2, -0.15) is 0 Å². The molecule has 1 aromatic heterocycles. The minimum atomic E-state index is 0.736. The summed E-state index contributed by atoms with van der Waals surface area (Å²) in [5.74, 6) is 0.956. The molecule has 0 unspecified atom stereocenters. The molecule has 0 bridgehead atoms. The summed E-state index contributed by atoms with van der Waals surface area (Å²) >= 11 is 9.33. The van der Waals surface area contributed by atoms with Crippen LogP contribution in [0.15, 0.2) is 59.2 Å². The highest BCUT2D eigenvalue weighted by atomic mass is 79.9. The Morgan fingerprint density at radius 2 is 1.70 bits per heavy atom. The third kappa shape index (κ3) is 3.11. The lowest BCUT2D eigenvalue weighted by molar-refractivity contribution is 1.03. The Labute approximate surface area is 131 Å². The van der Waals surface area contributed by atoms with Gasteiger partial charge in [-0.25, -0.2) is 4.98 Å². The molecule has 0 amide bonds. The molecule has 0 spiro atoms. The van der Waals surface area contributed by atoms with Crippen molar-refractivity contribution in [2.75, 3.05) is 0 Å². The van der Waals surface area contributed by atoms with Crippen molar-refractivity contribution in [1.29, 1.82) is 0 Å². The first-order valence-corrected chi connectivity index (χ1v) is 7.42. The standard InChI is InChI=1S/C16H12BrClN2/c17-13-5-1-11(2-6-13)9-16-19-10-15(20-16)12-3-7-14(18)8-4-12/h1-8,10H,9H2,(H,19,20). The van der Waals surface area contributed by atoms with Crippen molar-refractivity contribution >= 4 is 27.5 Å². The van der Waals surface area contributed by atoms with Crippen molar-refractivity contribution in [3.05, 3.63) is 75.6 Å². The quantitative estimate of drug-likeness (QED) is 0.703. The van der Waals surface area contributed by atoms with Gasteiger partial charge in [0.05, 0.1) is 5.69 Å². The van der Waals surface area contributed by atoms with Crippen molar-refractivity contribution in [3.63, 3.8) is 0 Å². The van der Waals surface area contributed by atoms with Crippen LogP contribution in [0.5, 0.6) is 0 Å². The largest absolute Gasteiger partial charge is 0.348 e. The first-order valence-electron chi connectivity index (χ1n) is 6.25. The van der Waals surface area contributed by atoms with Crippen molar-refractivity contribution in [2.45, 2.75) is 6.42 Å². The van der Waals surface area contributed by atoms with Gasteiger partial charge < -0.3 is 4.98 Å². The summed E-state index contributed by atoms with van der Waals surface area (Å²) in [6.45, 7) is 0. The van der Waals surface area contributed by atoms with Gasteiger partial charge in [-0.15, -0.1) is 0 Å². The monoisotopic (exact) mass is 346 g/mol. The molecule has 2 aromatic carbocycles. The summed E-state index contributed by atoms with van der Waals surface area (Å²) in [5.41, 5.74) is 3.23. The van der Waals surface area contributed by atoms with Gasteiger partial charge in [0.15, 0.2) is 0 Å². The molecule has 0 radical (unpaired) electrons. The lowest BCUT2D eigenvalue weighted by Crippen LogP contribution is -1.90. The second kappa shape index (κ2) is 5.81. The molecule has 3 rings (SSSR count). The Morgan fingerprint density at radius 1 is 1.00 bits per heavy atom. The van der Waals surface area contributed by atoms with Crippen LogP contribution in [0.2, 0.25) is 5.02 Å². The minimum absolute atomic E-state index is 0.736. The number of nitrogens with zero attached hydrogens (tertiary/aromatic N) is 1. The van der Waals surface area contributed by atoms with E-state index in [1.54, 1.807) is 0 Å². The molecule has 0 aliphatic heterocycles. The number of hydrogen-bond acceptors (Lipinski definition) is 1. The summed E-state index contributed by atoms with van der Waals surface area (Å²) in [5, 5.41) is 0.736. The summed E-state index contributed by atoms with van der Waals surface area (Å²) < 4.78 is 1.09. The molecular weight excluding hydrogens is 336 g/mol. The number of halogens is 2. The van der Waals surface area contributed by atoms with Gasteiger partial charge in [0, 0.05) is 27.7 Å². The zero-order valence-corrected chi connectivity index (χ0v) is 12.9. The first-order chi connectivity index (χ1) is 9.70. The lowest BCUT2D eigenvalue weighted by Gasteiger charge is -1.99. The van der Waals surface area contributed by atoms with Crippen LogP contribution in [-0.2, 0) is 6.42 Å². The number of aromatic nitrogens is 2. The summed E-state index contributed by atoms with van der Waals surface area (Å²) in [7, 11) is 0. The van der Waals surface area contributed by atoms with Crippen LogP contribution in [0, 0.1) is 0 Å². The molecular formula is C16H12BrClN2. The predicted molar refractivity (Wildman–Crippen MR) is 86.0 cm³/mol. The van der Waals surface area contributed by atoms with Crippen LogP contribution >= 0.6 is 27.5 Å². The van der Waals surface area contributed by atoms with E-state index in [9.17, 15) is 0 Å². The number of H-pyrrole nitrogens is 1. The zero-order valence-electron chi connectivity index (χ0n) is 10.6. The number of nitrogens with one attached hydrogen (secondary N) is 1. The van der Waals surface area contributed by atoms with Gasteiger partial charge in [-0.3, -0.25) is 0 Å². The average molecular weight is 348 g/mol. The van der Waals surface area contributed by atoms with E-state index in [2.05, 4.69) is 38.0 Å². The van der Waals surface area contributed by atoms with Crippen LogP contribution in [0.4, 0.5) is 0 Å². The number of rotatable bonds is 3. The number of benzene rings is 2. The van der Waals surface area contributed by atoms with Gasteiger partial charge in [0.1, 0.15) is 5.82 Å². The molecule has 100 valence electrons. The molecule has 0 fully saturated rings. The smallest absolute Gasteiger partial charge is 0.111 e. The maximum atomic E-state index is 5.89. The molecule has 0 atom stereocenters. The highest BCUT2D eigenvalue weighted by Crippen LogP contribution is 2.20. The van der Waals surface area contributed by atoms with E-state index in [4.69, 9.17) is 11.6 Å². The Morgan fingerprint density at radius 3 is 2.40 bits per heavy atom. The second-order valence-electron chi connectivity index (χ2n) is 4.54. The fourth-order valence-electron chi connectivity index (χ4n) is 2.02. The number of aromatic amines is 1. The molecule has 0 aliphatic rings. The third-order valence-corrected chi connectivity index (χ3v) is 3.84. The SMILES string of the molecule is Clc1ccc(-c2c[nH]c(Cc3ccc(Br)cc3)n2)cc1. The summed E-state index contributed by atoms with van der Waals surface area (Å²) in [4.78, 5) is 7.84. The van der Waals surface area contributed by atoms with E-state index in [1.807, 2.05) is 42.6 Å². The number of hydrogen-bond donors (Lipinski definition) is 1. The van der Waals surface area contributed by atoms with Gasteiger partial charge in [-0.1, -0.05) is 51.8 Å². The van der Waals surface area contributed by atoms with Crippen LogP contribution in [0.1, 0.15) is 11.4 Å². The maximum absolute atomic E-state index is 5.89. The Bertz CT molecular complexity index is 702. The third-order valence-electron chi connectivity index (χ3n) is 3.06. The van der Waals surface area contributed by atoms with E-state index in [0.29, 0.717) is 0 Å². The fourth-order valence-corrected chi connectivity index (χ4v) is 2.41. The van der Waals surface area contributed by atoms with Gasteiger partial charge in [0.25, 0.3) is 0 Å². The Kier molecular flexibility index (Phi) is 3.90. The maximum Gasteiger partial charge on any atom is 0.111 e. The van der Waals surface area contributed by atoms with Gasteiger partial charge in [0.2, 0.25) is 0 Å². The zero-order chi connectivity index (χ0) is 13.9. The molecule has 2 nitrogen and oxygen atoms in total. The first kappa shape index (κ1) is 13.4. The highest BCUT2D eigenvalue weighted by Gasteiger charge is 2.05. The molecule has 0 saturated carbocycles. The molecule has 3 aromatic rings. The van der Waals surface area contributed by atoms with E-state index in [-0.39, 0.29) is 0 Å². The molecule has 0 saturated heterocycles. The normalized spacial score (nSPS) is 10.7. The Hall–Kier alpha value is -1.58. The van der Waals surface area contributed by atoms with Crippen LogP contribution in [0.25, 0.3) is 11.3 Å². The molecule has 1 N–H and O–H groups in total. The molecule has 20 heavy (non-hydrogen) atoms. The van der Waals surface area contributed by atoms with E-state index in [1.165, 1.54) is 5.56 Å². The van der Waals surface area contributed by atoms with Crippen molar-refractivity contribution in [1.82, 2.24) is 9.97 Å². The van der Waals surface area contributed by atoms with E-state index >= 15 is 0 Å². The highest BCUT2D eigenvalue weighted by molar-refractivity contribution is 9.10. The summed E-state index contributed by atoms with van der Waals surface area (Å²) in [6.07, 6.45) is 2.72. The topological polar surface area (TPSA) is 28.7 Å². The molecule has 1 heterocycles. The minimum Gasteiger partial charge on any atom is -0.348 e. The predicted octanol–water partition coefficient (Wildman–Crippen LogP) is 5.08. The van der Waals surface area contributed by atoms with Crippen molar-refractivity contribution < 1.29 is 0 Å².